The molecule has 0 saturated carbocycles. The normalized spacial score (nSPS) is 12.1. The summed E-state index contributed by atoms with van der Waals surface area (Å²) in [6.07, 6.45) is 2.22. The predicted molar refractivity (Wildman–Crippen MR) is 147 cm³/mol. The molecule has 0 aliphatic carbocycles. The summed E-state index contributed by atoms with van der Waals surface area (Å²) in [6, 6.07) is 11.6. The summed E-state index contributed by atoms with van der Waals surface area (Å²) in [5.41, 5.74) is 1.27. The molecule has 1 unspecified atom stereocenters. The number of rotatable bonds is 13. The molecule has 0 spiro atoms. The van der Waals surface area contributed by atoms with E-state index in [9.17, 15) is 18.0 Å². The van der Waals surface area contributed by atoms with E-state index in [1.807, 2.05) is 31.2 Å². The topological polar surface area (TPSA) is 96.0 Å². The van der Waals surface area contributed by atoms with E-state index in [1.54, 1.807) is 19.1 Å². The van der Waals surface area contributed by atoms with E-state index in [2.05, 4.69) is 21.2 Å². The fourth-order valence-electron chi connectivity index (χ4n) is 3.58. The molecular formula is C25H33BrClN3O5S. The van der Waals surface area contributed by atoms with E-state index < -0.39 is 16.1 Å². The van der Waals surface area contributed by atoms with Gasteiger partial charge >= 0.3 is 0 Å². The number of nitrogens with one attached hydrogen (secondary N) is 1. The van der Waals surface area contributed by atoms with E-state index in [0.717, 1.165) is 22.7 Å². The Morgan fingerprint density at radius 2 is 1.83 bits per heavy atom. The minimum atomic E-state index is -3.62. The van der Waals surface area contributed by atoms with Gasteiger partial charge in [-0.2, -0.15) is 0 Å². The summed E-state index contributed by atoms with van der Waals surface area (Å²) in [5.74, 6) is -0.0332. The number of carbonyl (C=O) groups excluding carboxylic acids is 2. The Kier molecular flexibility index (Phi) is 11.5. The summed E-state index contributed by atoms with van der Waals surface area (Å²) in [6.45, 7) is 4.52. The van der Waals surface area contributed by atoms with Crippen LogP contribution in [0.2, 0.25) is 5.02 Å². The molecule has 0 heterocycles. The number of methoxy groups -OCH3 is 1. The Balaban J connectivity index is 2.17. The summed E-state index contributed by atoms with van der Waals surface area (Å²) in [7, 11) is -2.15. The number of ether oxygens (including phenoxy) is 1. The van der Waals surface area contributed by atoms with Crippen LogP contribution in [0.15, 0.2) is 46.9 Å². The second-order valence-corrected chi connectivity index (χ2v) is 11.6. The molecule has 2 amide bonds. The Hall–Kier alpha value is -2.30. The lowest BCUT2D eigenvalue weighted by molar-refractivity contribution is -0.140. The number of nitrogens with zero attached hydrogens (tertiary/aromatic N) is 2. The van der Waals surface area contributed by atoms with Gasteiger partial charge in [-0.15, -0.1) is 0 Å². The second-order valence-electron chi connectivity index (χ2n) is 8.37. The first kappa shape index (κ1) is 29.9. The van der Waals surface area contributed by atoms with Gasteiger partial charge in [0.1, 0.15) is 11.8 Å². The molecule has 2 aromatic carbocycles. The van der Waals surface area contributed by atoms with Crippen LogP contribution in [0.4, 0.5) is 5.69 Å². The number of amides is 2. The van der Waals surface area contributed by atoms with Gasteiger partial charge in [0.15, 0.2) is 0 Å². The molecule has 0 bridgehead atoms. The number of carbonyl (C=O) groups is 2. The molecule has 198 valence electrons. The zero-order valence-corrected chi connectivity index (χ0v) is 24.1. The van der Waals surface area contributed by atoms with Crippen LogP contribution in [0.5, 0.6) is 5.75 Å². The van der Waals surface area contributed by atoms with Crippen LogP contribution >= 0.6 is 27.5 Å². The number of hydrogen-bond donors (Lipinski definition) is 1. The van der Waals surface area contributed by atoms with Gasteiger partial charge < -0.3 is 15.0 Å². The number of sulfonamides is 1. The van der Waals surface area contributed by atoms with Crippen LogP contribution in [-0.4, -0.2) is 57.6 Å². The minimum Gasteiger partial charge on any atom is -0.495 e. The fraction of sp³-hybridized carbons (Fsp3) is 0.440. The smallest absolute Gasteiger partial charge is 0.242 e. The van der Waals surface area contributed by atoms with Gasteiger partial charge in [0.05, 0.1) is 24.1 Å². The zero-order chi connectivity index (χ0) is 26.9. The van der Waals surface area contributed by atoms with E-state index in [1.165, 1.54) is 22.4 Å². The van der Waals surface area contributed by atoms with Crippen LogP contribution in [0, 0.1) is 0 Å². The maximum Gasteiger partial charge on any atom is 0.242 e. The van der Waals surface area contributed by atoms with Crippen LogP contribution in [0.3, 0.4) is 0 Å². The minimum absolute atomic E-state index is 0.0673. The molecule has 0 aromatic heterocycles. The van der Waals surface area contributed by atoms with Gasteiger partial charge in [0.2, 0.25) is 21.8 Å². The lowest BCUT2D eigenvalue weighted by atomic mass is 10.1. The van der Waals surface area contributed by atoms with E-state index in [-0.39, 0.29) is 42.8 Å². The third-order valence-electron chi connectivity index (χ3n) is 5.56. The third kappa shape index (κ3) is 8.67. The molecule has 1 N–H and O–H groups in total. The van der Waals surface area contributed by atoms with Gasteiger partial charge in [-0.1, -0.05) is 46.6 Å². The molecule has 0 fully saturated rings. The summed E-state index contributed by atoms with van der Waals surface area (Å²) in [4.78, 5) is 27.5. The Bertz CT molecular complexity index is 1140. The van der Waals surface area contributed by atoms with E-state index in [0.29, 0.717) is 18.0 Å². The summed E-state index contributed by atoms with van der Waals surface area (Å²) in [5, 5.41) is 3.13. The number of hydrogen-bond acceptors (Lipinski definition) is 5. The monoisotopic (exact) mass is 601 g/mol. The first-order chi connectivity index (χ1) is 17.0. The van der Waals surface area contributed by atoms with Gasteiger partial charge in [0.25, 0.3) is 0 Å². The molecule has 36 heavy (non-hydrogen) atoms. The largest absolute Gasteiger partial charge is 0.495 e. The van der Waals surface area contributed by atoms with Crippen molar-refractivity contribution in [3.8, 4) is 5.75 Å². The van der Waals surface area contributed by atoms with Crippen LogP contribution in [0.1, 0.15) is 38.7 Å². The first-order valence-corrected chi connectivity index (χ1v) is 14.6. The highest BCUT2D eigenvalue weighted by molar-refractivity contribution is 9.10. The average molecular weight is 603 g/mol. The third-order valence-corrected chi connectivity index (χ3v) is 7.58. The summed E-state index contributed by atoms with van der Waals surface area (Å²) < 4.78 is 32.2. The van der Waals surface area contributed by atoms with E-state index >= 15 is 0 Å². The highest BCUT2D eigenvalue weighted by Gasteiger charge is 2.26. The maximum atomic E-state index is 13.3. The van der Waals surface area contributed by atoms with Gasteiger partial charge in [-0.3, -0.25) is 13.9 Å². The van der Waals surface area contributed by atoms with Crippen molar-refractivity contribution in [2.75, 3.05) is 30.8 Å². The summed E-state index contributed by atoms with van der Waals surface area (Å²) >= 11 is 9.59. The molecule has 8 nitrogen and oxygen atoms in total. The van der Waals surface area contributed by atoms with E-state index in [4.69, 9.17) is 16.3 Å². The number of anilines is 1. The zero-order valence-electron chi connectivity index (χ0n) is 21.0. The van der Waals surface area contributed by atoms with Crippen molar-refractivity contribution >= 4 is 55.1 Å². The first-order valence-electron chi connectivity index (χ1n) is 11.6. The molecular weight excluding hydrogens is 570 g/mol. The molecule has 1 atom stereocenters. The Morgan fingerprint density at radius 3 is 2.39 bits per heavy atom. The van der Waals surface area contributed by atoms with Gasteiger partial charge in [-0.05, 0) is 55.7 Å². The molecule has 2 rings (SSSR count). The fourth-order valence-corrected chi connectivity index (χ4v) is 5.05. The van der Waals surface area contributed by atoms with Crippen LogP contribution in [0.25, 0.3) is 0 Å². The quantitative estimate of drug-likeness (QED) is 0.362. The van der Waals surface area contributed by atoms with Crippen molar-refractivity contribution < 1.29 is 22.7 Å². The molecule has 0 aliphatic heterocycles. The molecule has 0 radical (unpaired) electrons. The van der Waals surface area contributed by atoms with Crippen LogP contribution < -0.4 is 14.4 Å². The van der Waals surface area contributed by atoms with Crippen molar-refractivity contribution in [2.24, 2.45) is 0 Å². The molecule has 11 heteroatoms. The van der Waals surface area contributed by atoms with Gasteiger partial charge in [0, 0.05) is 30.5 Å². The van der Waals surface area contributed by atoms with Crippen molar-refractivity contribution in [3.63, 3.8) is 0 Å². The van der Waals surface area contributed by atoms with Crippen molar-refractivity contribution in [2.45, 2.75) is 45.7 Å². The lowest BCUT2D eigenvalue weighted by Gasteiger charge is -2.29. The van der Waals surface area contributed by atoms with Crippen LogP contribution in [-0.2, 0) is 26.2 Å². The van der Waals surface area contributed by atoms with Crippen molar-refractivity contribution in [1.29, 1.82) is 0 Å². The van der Waals surface area contributed by atoms with Crippen molar-refractivity contribution in [3.05, 3.63) is 57.5 Å². The number of benzene rings is 2. The molecule has 0 saturated heterocycles. The predicted octanol–water partition coefficient (Wildman–Crippen LogP) is 4.60. The highest BCUT2D eigenvalue weighted by Crippen LogP contribution is 2.30. The Morgan fingerprint density at radius 1 is 1.17 bits per heavy atom. The molecule has 0 aliphatic rings. The second kappa shape index (κ2) is 13.9. The average Bonchev–Trinajstić information content (AvgIpc) is 2.83. The standard InChI is InChI=1S/C25H33BrClN3O5S/c1-5-14-28-25(32)18(2)29(17-19-8-10-20(26)11-9-19)24(31)7-6-15-30(36(4,33)34)21-12-13-23(35-3)22(27)16-21/h8-13,16,18H,5-7,14-15,17H2,1-4H3,(H,28,32). The highest BCUT2D eigenvalue weighted by atomic mass is 79.9. The maximum absolute atomic E-state index is 13.3. The van der Waals surface area contributed by atoms with Gasteiger partial charge in [-0.25, -0.2) is 8.42 Å². The number of halogens is 2. The van der Waals surface area contributed by atoms with Crippen molar-refractivity contribution in [1.82, 2.24) is 10.2 Å². The lowest BCUT2D eigenvalue weighted by Crippen LogP contribution is -2.47. The SMILES string of the molecule is CCCNC(=O)C(C)N(Cc1ccc(Br)cc1)C(=O)CCCN(c1ccc(OC)c(Cl)c1)S(C)(=O)=O. The molecule has 2 aromatic rings. The Labute approximate surface area is 227 Å².